The third kappa shape index (κ3) is 3.95. The molecule has 1 heterocycles. The van der Waals surface area contributed by atoms with Gasteiger partial charge in [-0.2, -0.15) is 0 Å². The predicted octanol–water partition coefficient (Wildman–Crippen LogP) is 4.03. The molecule has 2 aliphatic rings. The summed E-state index contributed by atoms with van der Waals surface area (Å²) in [6.45, 7) is 3.92. The second-order valence-electron chi connectivity index (χ2n) is 6.60. The van der Waals surface area contributed by atoms with Crippen molar-refractivity contribution < 1.29 is 19.0 Å². The Kier molecular flexibility index (Phi) is 6.23. The minimum Gasteiger partial charge on any atom is -0.493 e. The van der Waals surface area contributed by atoms with Crippen LogP contribution >= 0.6 is 15.9 Å². The Morgan fingerprint density at radius 2 is 2.16 bits per heavy atom. The largest absolute Gasteiger partial charge is 0.493 e. The lowest BCUT2D eigenvalue weighted by atomic mass is 9.89. The summed E-state index contributed by atoms with van der Waals surface area (Å²) in [5, 5.41) is 0. The predicted molar refractivity (Wildman–Crippen MR) is 99.5 cm³/mol. The maximum Gasteiger partial charge on any atom is 0.254 e. The molecule has 0 aromatic heterocycles. The lowest BCUT2D eigenvalue weighted by Gasteiger charge is -2.43. The van der Waals surface area contributed by atoms with Crippen molar-refractivity contribution in [3.05, 3.63) is 22.2 Å². The van der Waals surface area contributed by atoms with Gasteiger partial charge in [0.25, 0.3) is 5.91 Å². The molecule has 25 heavy (non-hydrogen) atoms. The number of carbonyl (C=O) groups excluding carboxylic acids is 1. The number of nitrogens with zero attached hydrogens (tertiary/aromatic N) is 1. The number of fused-ring (bicyclic) bond motifs is 1. The second-order valence-corrected chi connectivity index (χ2v) is 7.45. The van der Waals surface area contributed by atoms with Crippen LogP contribution in [0.2, 0.25) is 0 Å². The Hall–Kier alpha value is -1.27. The van der Waals surface area contributed by atoms with Crippen molar-refractivity contribution in [3.63, 3.8) is 0 Å². The number of amides is 1. The number of carbonyl (C=O) groups is 1. The highest BCUT2D eigenvalue weighted by Gasteiger charge is 2.37. The van der Waals surface area contributed by atoms with Crippen LogP contribution < -0.4 is 9.47 Å². The van der Waals surface area contributed by atoms with E-state index in [-0.39, 0.29) is 18.1 Å². The Balaban J connectivity index is 1.85. The number of halogens is 1. The normalized spacial score (nSPS) is 23.1. The number of hydrogen-bond acceptors (Lipinski definition) is 4. The molecule has 5 nitrogen and oxygen atoms in total. The molecule has 1 saturated carbocycles. The average molecular weight is 412 g/mol. The smallest absolute Gasteiger partial charge is 0.254 e. The topological polar surface area (TPSA) is 48.0 Å². The van der Waals surface area contributed by atoms with Crippen LogP contribution in [0.4, 0.5) is 0 Å². The molecule has 3 rings (SSSR count). The summed E-state index contributed by atoms with van der Waals surface area (Å²) in [5.41, 5.74) is 0.624. The van der Waals surface area contributed by atoms with E-state index in [1.54, 1.807) is 13.2 Å². The van der Waals surface area contributed by atoms with Crippen molar-refractivity contribution in [1.82, 2.24) is 4.90 Å². The molecule has 0 bridgehead atoms. The zero-order chi connectivity index (χ0) is 17.8. The van der Waals surface area contributed by atoms with Gasteiger partial charge < -0.3 is 19.1 Å². The van der Waals surface area contributed by atoms with Gasteiger partial charge in [0.2, 0.25) is 0 Å². The van der Waals surface area contributed by atoms with Crippen LogP contribution in [0.5, 0.6) is 11.5 Å². The molecular formula is C19H26BrNO4. The summed E-state index contributed by atoms with van der Waals surface area (Å²) < 4.78 is 17.8. The SMILES string of the molecule is CCCOc1c(Br)cc(C(=O)N2CCOC3CCCCC32)cc1OC. The third-order valence-corrected chi connectivity index (χ3v) is 5.51. The first-order valence-corrected chi connectivity index (χ1v) is 9.88. The van der Waals surface area contributed by atoms with Crippen LogP contribution in [-0.2, 0) is 4.74 Å². The highest BCUT2D eigenvalue weighted by molar-refractivity contribution is 9.10. The highest BCUT2D eigenvalue weighted by Crippen LogP contribution is 2.38. The van der Waals surface area contributed by atoms with E-state index in [0.717, 1.165) is 30.2 Å². The molecule has 1 aliphatic heterocycles. The zero-order valence-corrected chi connectivity index (χ0v) is 16.5. The van der Waals surface area contributed by atoms with Gasteiger partial charge in [-0.1, -0.05) is 19.8 Å². The average Bonchev–Trinajstić information content (AvgIpc) is 2.65. The summed E-state index contributed by atoms with van der Waals surface area (Å²) in [7, 11) is 1.60. The monoisotopic (exact) mass is 411 g/mol. The molecule has 6 heteroatoms. The Bertz CT molecular complexity index is 620. The zero-order valence-electron chi connectivity index (χ0n) is 14.9. The van der Waals surface area contributed by atoms with Crippen molar-refractivity contribution in [2.45, 2.75) is 51.2 Å². The first-order valence-electron chi connectivity index (χ1n) is 9.08. The summed E-state index contributed by atoms with van der Waals surface area (Å²) in [6.07, 6.45) is 5.51. The number of morpholine rings is 1. The summed E-state index contributed by atoms with van der Waals surface area (Å²) in [4.78, 5) is 15.1. The fourth-order valence-corrected chi connectivity index (χ4v) is 4.26. The number of hydrogen-bond donors (Lipinski definition) is 0. The molecule has 1 aromatic rings. The molecule has 1 aliphatic carbocycles. The van der Waals surface area contributed by atoms with Gasteiger partial charge in [-0.05, 0) is 47.3 Å². The number of benzene rings is 1. The van der Waals surface area contributed by atoms with Crippen molar-refractivity contribution in [3.8, 4) is 11.5 Å². The van der Waals surface area contributed by atoms with Crippen molar-refractivity contribution >= 4 is 21.8 Å². The summed E-state index contributed by atoms with van der Waals surface area (Å²) in [6, 6.07) is 3.81. The van der Waals surface area contributed by atoms with Crippen LogP contribution in [-0.4, -0.2) is 49.8 Å². The van der Waals surface area contributed by atoms with Crippen molar-refractivity contribution in [2.24, 2.45) is 0 Å². The molecule has 1 amide bonds. The van der Waals surface area contributed by atoms with E-state index in [1.807, 2.05) is 11.0 Å². The van der Waals surface area contributed by atoms with Gasteiger partial charge in [-0.3, -0.25) is 4.79 Å². The van der Waals surface area contributed by atoms with E-state index >= 15 is 0 Å². The van der Waals surface area contributed by atoms with Crippen LogP contribution in [0.3, 0.4) is 0 Å². The Labute approximate surface area is 157 Å². The van der Waals surface area contributed by atoms with Gasteiger partial charge in [0, 0.05) is 12.1 Å². The van der Waals surface area contributed by atoms with E-state index in [2.05, 4.69) is 22.9 Å². The number of methoxy groups -OCH3 is 1. The molecule has 2 fully saturated rings. The molecular weight excluding hydrogens is 386 g/mol. The number of ether oxygens (including phenoxy) is 3. The van der Waals surface area contributed by atoms with E-state index in [0.29, 0.717) is 36.8 Å². The van der Waals surface area contributed by atoms with Gasteiger partial charge in [0.15, 0.2) is 11.5 Å². The first-order chi connectivity index (χ1) is 12.2. The van der Waals surface area contributed by atoms with Crippen LogP contribution in [0, 0.1) is 0 Å². The lowest BCUT2D eigenvalue weighted by Crippen LogP contribution is -2.54. The Morgan fingerprint density at radius 1 is 1.36 bits per heavy atom. The number of rotatable bonds is 5. The third-order valence-electron chi connectivity index (χ3n) is 4.92. The summed E-state index contributed by atoms with van der Waals surface area (Å²) >= 11 is 3.53. The Morgan fingerprint density at radius 3 is 2.92 bits per heavy atom. The van der Waals surface area contributed by atoms with E-state index < -0.39 is 0 Å². The highest BCUT2D eigenvalue weighted by atomic mass is 79.9. The van der Waals surface area contributed by atoms with Crippen LogP contribution in [0.25, 0.3) is 0 Å². The summed E-state index contributed by atoms with van der Waals surface area (Å²) in [5.74, 6) is 1.28. The van der Waals surface area contributed by atoms with Gasteiger partial charge in [0.1, 0.15) is 0 Å². The van der Waals surface area contributed by atoms with E-state index in [1.165, 1.54) is 6.42 Å². The van der Waals surface area contributed by atoms with Crippen molar-refractivity contribution in [1.29, 1.82) is 0 Å². The quantitative estimate of drug-likeness (QED) is 0.733. The standard InChI is InChI=1S/C19H26BrNO4/c1-3-9-25-18-14(20)11-13(12-17(18)23-2)19(22)21-8-10-24-16-7-5-4-6-15(16)21/h11-12,15-16H,3-10H2,1-2H3. The molecule has 0 spiro atoms. The minimum atomic E-state index is 0.0428. The maximum atomic E-state index is 13.2. The van der Waals surface area contributed by atoms with Gasteiger partial charge in [-0.25, -0.2) is 0 Å². The fraction of sp³-hybridized carbons (Fsp3) is 0.632. The second kappa shape index (κ2) is 8.41. The van der Waals surface area contributed by atoms with Crippen LogP contribution in [0.15, 0.2) is 16.6 Å². The fourth-order valence-electron chi connectivity index (χ4n) is 3.70. The molecule has 1 saturated heterocycles. The lowest BCUT2D eigenvalue weighted by molar-refractivity contribution is -0.0752. The van der Waals surface area contributed by atoms with E-state index in [4.69, 9.17) is 14.2 Å². The van der Waals surface area contributed by atoms with Crippen LogP contribution in [0.1, 0.15) is 49.4 Å². The maximum absolute atomic E-state index is 13.2. The molecule has 0 radical (unpaired) electrons. The molecule has 1 aromatic carbocycles. The van der Waals surface area contributed by atoms with Gasteiger partial charge in [0.05, 0.1) is 36.9 Å². The molecule has 0 N–H and O–H groups in total. The molecule has 138 valence electrons. The molecule has 2 atom stereocenters. The van der Waals surface area contributed by atoms with Gasteiger partial charge >= 0.3 is 0 Å². The van der Waals surface area contributed by atoms with Crippen molar-refractivity contribution in [2.75, 3.05) is 26.9 Å². The molecule has 2 unspecified atom stereocenters. The van der Waals surface area contributed by atoms with E-state index in [9.17, 15) is 4.79 Å². The minimum absolute atomic E-state index is 0.0428. The van der Waals surface area contributed by atoms with Gasteiger partial charge in [-0.15, -0.1) is 0 Å². The first kappa shape index (κ1) is 18.5.